The van der Waals surface area contributed by atoms with Crippen LogP contribution in [-0.4, -0.2) is 12.9 Å². The first-order valence-corrected chi connectivity index (χ1v) is 4.76. The first-order valence-electron chi connectivity index (χ1n) is 4.76. The summed E-state index contributed by atoms with van der Waals surface area (Å²) in [5.74, 6) is 1.07. The number of benzene rings is 1. The molecule has 0 atom stereocenters. The second-order valence-electron chi connectivity index (χ2n) is 4.40. The van der Waals surface area contributed by atoms with Gasteiger partial charge in [0.05, 0.1) is 7.11 Å². The van der Waals surface area contributed by atoms with Crippen molar-refractivity contribution in [2.24, 2.45) is 0 Å². The minimum Gasteiger partial charge on any atom is -0.497 e. The lowest BCUT2D eigenvalue weighted by atomic mass is 9.86. The van der Waals surface area contributed by atoms with Gasteiger partial charge in [-0.1, -0.05) is 13.8 Å². The summed E-state index contributed by atoms with van der Waals surface area (Å²) >= 11 is 0. The number of Topliss-reactive ketones (excluding diaryl/α,β-unsaturated/α-hetero) is 1. The number of carbonyl (C=O) groups is 1. The smallest absolute Gasteiger partial charge is 0.164 e. The Morgan fingerprint density at radius 3 is 2.71 bits per heavy atom. The Morgan fingerprint density at radius 2 is 2.07 bits per heavy atom. The van der Waals surface area contributed by atoms with Crippen LogP contribution in [0, 0.1) is 0 Å². The number of hydrogen-bond donors (Lipinski definition) is 0. The third-order valence-electron chi connectivity index (χ3n) is 2.86. The summed E-state index contributed by atoms with van der Waals surface area (Å²) in [6.45, 7) is 4.19. The van der Waals surface area contributed by atoms with Gasteiger partial charge in [0.1, 0.15) is 5.75 Å². The molecule has 0 saturated carbocycles. The van der Waals surface area contributed by atoms with Crippen LogP contribution < -0.4 is 4.74 Å². The molecular weight excluding hydrogens is 176 g/mol. The minimum atomic E-state index is -0.0407. The van der Waals surface area contributed by atoms with Crippen molar-refractivity contribution in [3.05, 3.63) is 29.3 Å². The molecule has 0 radical (unpaired) electrons. The second-order valence-corrected chi connectivity index (χ2v) is 4.40. The van der Waals surface area contributed by atoms with Gasteiger partial charge in [-0.15, -0.1) is 0 Å². The number of fused-ring (bicyclic) bond motifs is 1. The van der Waals surface area contributed by atoms with Gasteiger partial charge in [-0.25, -0.2) is 0 Å². The van der Waals surface area contributed by atoms with Crippen LogP contribution >= 0.6 is 0 Å². The molecule has 0 amide bonds. The highest BCUT2D eigenvalue weighted by molar-refractivity contribution is 6.02. The highest BCUT2D eigenvalue weighted by Gasteiger charge is 2.35. The molecule has 1 aliphatic carbocycles. The van der Waals surface area contributed by atoms with Crippen LogP contribution in [0.2, 0.25) is 0 Å². The average molecular weight is 190 g/mol. The highest BCUT2D eigenvalue weighted by Crippen LogP contribution is 2.39. The van der Waals surface area contributed by atoms with Gasteiger partial charge in [-0.05, 0) is 29.2 Å². The van der Waals surface area contributed by atoms with Crippen molar-refractivity contribution in [3.8, 4) is 5.75 Å². The van der Waals surface area contributed by atoms with Gasteiger partial charge in [0.25, 0.3) is 0 Å². The molecule has 2 nitrogen and oxygen atoms in total. The molecule has 14 heavy (non-hydrogen) atoms. The molecule has 0 unspecified atom stereocenters. The molecule has 0 fully saturated rings. The minimum absolute atomic E-state index is 0.0407. The summed E-state index contributed by atoms with van der Waals surface area (Å²) in [7, 11) is 1.64. The van der Waals surface area contributed by atoms with E-state index >= 15 is 0 Å². The fourth-order valence-electron chi connectivity index (χ4n) is 2.05. The predicted molar refractivity (Wildman–Crippen MR) is 55.0 cm³/mol. The quantitative estimate of drug-likeness (QED) is 0.680. The molecule has 2 rings (SSSR count). The van der Waals surface area contributed by atoms with Crippen molar-refractivity contribution < 1.29 is 9.53 Å². The molecule has 0 spiro atoms. The zero-order valence-corrected chi connectivity index (χ0v) is 8.76. The Balaban J connectivity index is 2.59. The van der Waals surface area contributed by atoms with Gasteiger partial charge in [0.2, 0.25) is 0 Å². The Kier molecular flexibility index (Phi) is 1.88. The monoisotopic (exact) mass is 190 g/mol. The van der Waals surface area contributed by atoms with Gasteiger partial charge in [-0.3, -0.25) is 4.79 Å². The van der Waals surface area contributed by atoms with E-state index in [1.54, 1.807) is 7.11 Å². The first kappa shape index (κ1) is 9.25. The van der Waals surface area contributed by atoms with E-state index in [0.717, 1.165) is 16.9 Å². The molecule has 1 aromatic carbocycles. The fourth-order valence-corrected chi connectivity index (χ4v) is 2.05. The van der Waals surface area contributed by atoms with Gasteiger partial charge in [-0.2, -0.15) is 0 Å². The molecule has 2 heteroatoms. The Labute approximate surface area is 83.9 Å². The van der Waals surface area contributed by atoms with Gasteiger partial charge >= 0.3 is 0 Å². The van der Waals surface area contributed by atoms with E-state index in [1.807, 2.05) is 18.2 Å². The summed E-state index contributed by atoms with van der Waals surface area (Å²) < 4.78 is 5.16. The summed E-state index contributed by atoms with van der Waals surface area (Å²) in [4.78, 5) is 11.6. The Morgan fingerprint density at radius 1 is 1.36 bits per heavy atom. The predicted octanol–water partition coefficient (Wildman–Crippen LogP) is 2.56. The van der Waals surface area contributed by atoms with E-state index < -0.39 is 0 Å². The van der Waals surface area contributed by atoms with Gasteiger partial charge in [0.15, 0.2) is 5.78 Å². The number of methoxy groups -OCH3 is 1. The van der Waals surface area contributed by atoms with Crippen LogP contribution in [0.5, 0.6) is 5.75 Å². The van der Waals surface area contributed by atoms with Crippen molar-refractivity contribution in [1.82, 2.24) is 0 Å². The fraction of sp³-hybridized carbons (Fsp3) is 0.417. The summed E-state index contributed by atoms with van der Waals surface area (Å²) in [5.41, 5.74) is 1.93. The molecule has 0 aromatic heterocycles. The molecule has 0 saturated heterocycles. The molecule has 0 N–H and O–H groups in total. The third kappa shape index (κ3) is 1.22. The number of rotatable bonds is 1. The summed E-state index contributed by atoms with van der Waals surface area (Å²) in [5, 5.41) is 0. The second kappa shape index (κ2) is 2.84. The molecule has 1 aliphatic rings. The van der Waals surface area contributed by atoms with E-state index in [4.69, 9.17) is 4.74 Å². The van der Waals surface area contributed by atoms with E-state index in [1.165, 1.54) is 0 Å². The van der Waals surface area contributed by atoms with Crippen molar-refractivity contribution in [1.29, 1.82) is 0 Å². The SMILES string of the molecule is COc1ccc2c(c1)C(C)(C)CC2=O. The van der Waals surface area contributed by atoms with E-state index in [9.17, 15) is 4.79 Å². The van der Waals surface area contributed by atoms with Crippen molar-refractivity contribution in [3.63, 3.8) is 0 Å². The normalized spacial score (nSPS) is 18.1. The third-order valence-corrected chi connectivity index (χ3v) is 2.86. The van der Waals surface area contributed by atoms with Crippen LogP contribution in [-0.2, 0) is 5.41 Å². The lowest BCUT2D eigenvalue weighted by Gasteiger charge is -2.17. The number of ether oxygens (including phenoxy) is 1. The van der Waals surface area contributed by atoms with E-state index in [2.05, 4.69) is 13.8 Å². The molecule has 0 heterocycles. The molecular formula is C12H14O2. The maximum atomic E-state index is 11.6. The summed E-state index contributed by atoms with van der Waals surface area (Å²) in [6, 6.07) is 5.68. The molecule has 74 valence electrons. The zero-order valence-electron chi connectivity index (χ0n) is 8.76. The Hall–Kier alpha value is -1.31. The number of ketones is 1. The first-order chi connectivity index (χ1) is 6.54. The molecule has 0 bridgehead atoms. The highest BCUT2D eigenvalue weighted by atomic mass is 16.5. The maximum Gasteiger partial charge on any atom is 0.164 e. The van der Waals surface area contributed by atoms with Crippen molar-refractivity contribution in [2.75, 3.05) is 7.11 Å². The van der Waals surface area contributed by atoms with Crippen molar-refractivity contribution >= 4 is 5.78 Å². The maximum absolute atomic E-state index is 11.6. The standard InChI is InChI=1S/C12H14O2/c1-12(2)7-11(13)9-5-4-8(14-3)6-10(9)12/h4-6H,7H2,1-3H3. The lowest BCUT2D eigenvalue weighted by molar-refractivity contribution is 0.0979. The van der Waals surface area contributed by atoms with E-state index in [0.29, 0.717) is 6.42 Å². The van der Waals surface area contributed by atoms with Crippen LogP contribution in [0.1, 0.15) is 36.2 Å². The number of carbonyl (C=O) groups excluding carboxylic acids is 1. The molecule has 1 aromatic rings. The van der Waals surface area contributed by atoms with Gasteiger partial charge in [0, 0.05) is 12.0 Å². The van der Waals surface area contributed by atoms with Crippen LogP contribution in [0.4, 0.5) is 0 Å². The topological polar surface area (TPSA) is 26.3 Å². The van der Waals surface area contributed by atoms with Crippen LogP contribution in [0.3, 0.4) is 0 Å². The van der Waals surface area contributed by atoms with Crippen molar-refractivity contribution in [2.45, 2.75) is 25.7 Å². The zero-order chi connectivity index (χ0) is 10.3. The average Bonchev–Trinajstić information content (AvgIpc) is 2.37. The summed E-state index contributed by atoms with van der Waals surface area (Å²) in [6.07, 6.45) is 0.607. The van der Waals surface area contributed by atoms with E-state index in [-0.39, 0.29) is 11.2 Å². The Bertz CT molecular complexity index is 391. The lowest BCUT2D eigenvalue weighted by Crippen LogP contribution is -2.12. The van der Waals surface area contributed by atoms with Gasteiger partial charge < -0.3 is 4.74 Å². The number of hydrogen-bond acceptors (Lipinski definition) is 2. The molecule has 0 aliphatic heterocycles. The largest absolute Gasteiger partial charge is 0.497 e. The van der Waals surface area contributed by atoms with Crippen LogP contribution in [0.15, 0.2) is 18.2 Å². The van der Waals surface area contributed by atoms with Crippen LogP contribution in [0.25, 0.3) is 0 Å².